The zero-order chi connectivity index (χ0) is 9.10. The van der Waals surface area contributed by atoms with Crippen LogP contribution in [0.2, 0.25) is 0 Å². The molecule has 0 saturated carbocycles. The number of hydrogen-bond acceptors (Lipinski definition) is 1. The molecule has 66 valence electrons. The summed E-state index contributed by atoms with van der Waals surface area (Å²) < 4.78 is 0. The van der Waals surface area contributed by atoms with Crippen LogP contribution in [-0.2, 0) is 0 Å². The van der Waals surface area contributed by atoms with Crippen molar-refractivity contribution in [1.82, 2.24) is 0 Å². The molecule has 0 aliphatic heterocycles. The quantitative estimate of drug-likeness (QED) is 0.702. The van der Waals surface area contributed by atoms with Gasteiger partial charge in [0.25, 0.3) is 0 Å². The van der Waals surface area contributed by atoms with Crippen molar-refractivity contribution in [3.05, 3.63) is 58.3 Å². The van der Waals surface area contributed by atoms with Crippen molar-refractivity contribution in [2.45, 2.75) is 4.83 Å². The van der Waals surface area contributed by atoms with Crippen molar-refractivity contribution in [1.29, 1.82) is 0 Å². The van der Waals surface area contributed by atoms with Gasteiger partial charge in [-0.05, 0) is 17.0 Å². The molecular weight excluding hydrogens is 244 g/mol. The molecule has 0 amide bonds. The van der Waals surface area contributed by atoms with E-state index in [-0.39, 0.29) is 0 Å². The Morgan fingerprint density at radius 3 is 2.38 bits per heavy atom. The van der Waals surface area contributed by atoms with Crippen LogP contribution in [0.5, 0.6) is 0 Å². The fourth-order valence-corrected chi connectivity index (χ4v) is 2.73. The van der Waals surface area contributed by atoms with Crippen molar-refractivity contribution in [2.75, 3.05) is 0 Å². The molecule has 0 fully saturated rings. The zero-order valence-corrected chi connectivity index (χ0v) is 9.38. The van der Waals surface area contributed by atoms with E-state index in [9.17, 15) is 0 Å². The maximum absolute atomic E-state index is 3.68. The van der Waals surface area contributed by atoms with Gasteiger partial charge in [-0.3, -0.25) is 0 Å². The minimum absolute atomic E-state index is 0.341. The lowest BCUT2D eigenvalue weighted by molar-refractivity contribution is 1.23. The summed E-state index contributed by atoms with van der Waals surface area (Å²) in [6.45, 7) is 0. The SMILES string of the molecule is BrC(c1ccccc1)c1cccs1. The Hall–Kier alpha value is -0.600. The predicted molar refractivity (Wildman–Crippen MR) is 61.5 cm³/mol. The highest BCUT2D eigenvalue weighted by atomic mass is 79.9. The molecule has 0 N–H and O–H groups in total. The second-order valence-electron chi connectivity index (χ2n) is 2.79. The van der Waals surface area contributed by atoms with Gasteiger partial charge in [-0.25, -0.2) is 0 Å². The Balaban J connectivity index is 2.29. The first-order valence-corrected chi connectivity index (χ1v) is 5.90. The normalized spacial score (nSPS) is 12.7. The average Bonchev–Trinajstić information content (AvgIpc) is 2.71. The van der Waals surface area contributed by atoms with E-state index in [1.54, 1.807) is 11.3 Å². The van der Waals surface area contributed by atoms with Gasteiger partial charge in [0.05, 0.1) is 4.83 Å². The molecule has 0 radical (unpaired) electrons. The second kappa shape index (κ2) is 4.07. The Bertz CT molecular complexity index is 353. The van der Waals surface area contributed by atoms with Gasteiger partial charge in [0.2, 0.25) is 0 Å². The van der Waals surface area contributed by atoms with Gasteiger partial charge in [0.15, 0.2) is 0 Å². The first-order chi connectivity index (χ1) is 6.38. The molecule has 1 aromatic carbocycles. The molecule has 13 heavy (non-hydrogen) atoms. The van der Waals surface area contributed by atoms with Crippen LogP contribution >= 0.6 is 27.3 Å². The fourth-order valence-electron chi connectivity index (χ4n) is 1.22. The van der Waals surface area contributed by atoms with Gasteiger partial charge in [-0.15, -0.1) is 11.3 Å². The van der Waals surface area contributed by atoms with Crippen LogP contribution in [0, 0.1) is 0 Å². The summed E-state index contributed by atoms with van der Waals surface area (Å²) in [5.74, 6) is 0. The van der Waals surface area contributed by atoms with Crippen LogP contribution in [0.4, 0.5) is 0 Å². The fraction of sp³-hybridized carbons (Fsp3) is 0.0909. The zero-order valence-electron chi connectivity index (χ0n) is 6.98. The summed E-state index contributed by atoms with van der Waals surface area (Å²) in [4.78, 5) is 1.69. The highest BCUT2D eigenvalue weighted by molar-refractivity contribution is 9.09. The van der Waals surface area contributed by atoms with Crippen LogP contribution < -0.4 is 0 Å². The van der Waals surface area contributed by atoms with Crippen LogP contribution in [0.1, 0.15) is 15.3 Å². The van der Waals surface area contributed by atoms with E-state index in [1.807, 2.05) is 6.07 Å². The lowest BCUT2D eigenvalue weighted by Gasteiger charge is -2.06. The van der Waals surface area contributed by atoms with Crippen molar-refractivity contribution in [3.63, 3.8) is 0 Å². The number of alkyl halides is 1. The topological polar surface area (TPSA) is 0 Å². The number of benzene rings is 1. The molecule has 1 atom stereocenters. The van der Waals surface area contributed by atoms with E-state index in [0.29, 0.717) is 4.83 Å². The lowest BCUT2D eigenvalue weighted by Crippen LogP contribution is -1.87. The molecule has 0 aliphatic rings. The molecule has 1 unspecified atom stereocenters. The molecule has 1 heterocycles. The third-order valence-electron chi connectivity index (χ3n) is 1.89. The minimum atomic E-state index is 0.341. The molecule has 1 aromatic heterocycles. The highest BCUT2D eigenvalue weighted by Crippen LogP contribution is 2.33. The van der Waals surface area contributed by atoms with Crippen LogP contribution in [0.15, 0.2) is 47.8 Å². The largest absolute Gasteiger partial charge is 0.147 e. The Labute approximate surface area is 90.4 Å². The lowest BCUT2D eigenvalue weighted by atomic mass is 10.1. The molecule has 0 saturated heterocycles. The molecule has 0 aliphatic carbocycles. The minimum Gasteiger partial charge on any atom is -0.147 e. The molecule has 0 bridgehead atoms. The van der Waals surface area contributed by atoms with Crippen molar-refractivity contribution < 1.29 is 0 Å². The summed E-state index contributed by atoms with van der Waals surface area (Å²) in [5.41, 5.74) is 1.31. The first-order valence-electron chi connectivity index (χ1n) is 4.10. The standard InChI is InChI=1S/C11H9BrS/c12-11(10-7-4-8-13-10)9-5-2-1-3-6-9/h1-8,11H. The predicted octanol–water partition coefficient (Wildman–Crippen LogP) is 4.23. The molecular formula is C11H9BrS. The van der Waals surface area contributed by atoms with E-state index in [0.717, 1.165) is 0 Å². The van der Waals surface area contributed by atoms with Gasteiger partial charge in [-0.2, -0.15) is 0 Å². The van der Waals surface area contributed by atoms with Crippen LogP contribution in [0.25, 0.3) is 0 Å². The number of thiophene rings is 1. The summed E-state index contributed by atoms with van der Waals surface area (Å²) in [6.07, 6.45) is 0. The highest BCUT2D eigenvalue weighted by Gasteiger charge is 2.09. The van der Waals surface area contributed by atoms with E-state index in [2.05, 4.69) is 57.7 Å². The molecule has 0 nitrogen and oxygen atoms in total. The van der Waals surface area contributed by atoms with Gasteiger partial charge in [0, 0.05) is 4.88 Å². The Kier molecular flexibility index (Phi) is 2.81. The van der Waals surface area contributed by atoms with Gasteiger partial charge in [0.1, 0.15) is 0 Å². The number of halogens is 1. The van der Waals surface area contributed by atoms with Gasteiger partial charge < -0.3 is 0 Å². The van der Waals surface area contributed by atoms with Crippen LogP contribution in [0.3, 0.4) is 0 Å². The van der Waals surface area contributed by atoms with E-state index in [1.165, 1.54) is 10.4 Å². The van der Waals surface area contributed by atoms with Gasteiger partial charge >= 0.3 is 0 Å². The maximum atomic E-state index is 3.68. The Morgan fingerprint density at radius 2 is 1.77 bits per heavy atom. The Morgan fingerprint density at radius 1 is 1.00 bits per heavy atom. The van der Waals surface area contributed by atoms with Crippen molar-refractivity contribution >= 4 is 27.3 Å². The van der Waals surface area contributed by atoms with Gasteiger partial charge in [-0.1, -0.05) is 52.3 Å². The third kappa shape index (κ3) is 2.01. The monoisotopic (exact) mass is 252 g/mol. The molecule has 2 heteroatoms. The summed E-state index contributed by atoms with van der Waals surface area (Å²) in [7, 11) is 0. The van der Waals surface area contributed by atoms with Crippen molar-refractivity contribution in [3.8, 4) is 0 Å². The average molecular weight is 253 g/mol. The molecule has 0 spiro atoms. The van der Waals surface area contributed by atoms with E-state index >= 15 is 0 Å². The molecule has 2 aromatic rings. The van der Waals surface area contributed by atoms with Crippen LogP contribution in [-0.4, -0.2) is 0 Å². The summed E-state index contributed by atoms with van der Waals surface area (Å²) in [6, 6.07) is 14.7. The number of rotatable bonds is 2. The summed E-state index contributed by atoms with van der Waals surface area (Å²) >= 11 is 5.46. The first kappa shape index (κ1) is 8.97. The van der Waals surface area contributed by atoms with Crippen molar-refractivity contribution in [2.24, 2.45) is 0 Å². The van der Waals surface area contributed by atoms with E-state index in [4.69, 9.17) is 0 Å². The number of hydrogen-bond donors (Lipinski definition) is 0. The summed E-state index contributed by atoms with van der Waals surface area (Å²) in [5, 5.41) is 2.10. The third-order valence-corrected chi connectivity index (χ3v) is 4.15. The smallest absolute Gasteiger partial charge is 0.0738 e. The molecule has 2 rings (SSSR count). The second-order valence-corrected chi connectivity index (χ2v) is 4.68. The maximum Gasteiger partial charge on any atom is 0.0738 e. The van der Waals surface area contributed by atoms with E-state index < -0.39 is 0 Å².